The van der Waals surface area contributed by atoms with Gasteiger partial charge in [0.25, 0.3) is 0 Å². The molecule has 0 aromatic rings. The molecule has 0 aliphatic rings. The highest BCUT2D eigenvalue weighted by Crippen LogP contribution is 1.95. The molecule has 0 saturated carbocycles. The van der Waals surface area contributed by atoms with Gasteiger partial charge in [0.1, 0.15) is 9.84 Å². The maximum absolute atomic E-state index is 11.5. The van der Waals surface area contributed by atoms with Crippen molar-refractivity contribution in [2.45, 2.75) is 45.7 Å². The van der Waals surface area contributed by atoms with Crippen LogP contribution in [0.2, 0.25) is 0 Å². The van der Waals surface area contributed by atoms with Crippen molar-refractivity contribution in [3.63, 3.8) is 0 Å². The van der Waals surface area contributed by atoms with Gasteiger partial charge in [-0.05, 0) is 19.8 Å². The highest BCUT2D eigenvalue weighted by atomic mass is 32.2. The molecule has 0 bridgehead atoms. The molecule has 2 N–H and O–H groups in total. The monoisotopic (exact) mass is 264 g/mol. The maximum Gasteiger partial charge on any atom is 0.234 e. The molecule has 102 valence electrons. The summed E-state index contributed by atoms with van der Waals surface area (Å²) in [5.41, 5.74) is 0. The summed E-state index contributed by atoms with van der Waals surface area (Å²) in [4.78, 5) is 11.5. The minimum absolute atomic E-state index is 0.0469. The van der Waals surface area contributed by atoms with Gasteiger partial charge in [0.15, 0.2) is 0 Å². The Labute approximate surface area is 104 Å². The van der Waals surface area contributed by atoms with Crippen molar-refractivity contribution in [2.24, 2.45) is 0 Å². The number of nitrogens with one attached hydrogen (secondary N) is 2. The first-order valence-corrected chi connectivity index (χ1v) is 8.05. The van der Waals surface area contributed by atoms with Crippen molar-refractivity contribution in [1.29, 1.82) is 0 Å². The number of carbonyl (C=O) groups is 1. The molecule has 0 rings (SSSR count). The Hall–Kier alpha value is -0.620. The second-order valence-electron chi connectivity index (χ2n) is 4.46. The van der Waals surface area contributed by atoms with Crippen LogP contribution in [-0.4, -0.2) is 45.0 Å². The molecule has 0 saturated heterocycles. The molecule has 0 radical (unpaired) electrons. The standard InChI is InChI=1S/C11H24N2O3S/c1-5-10(6-2)13-11(14)7-12-9(3)8-17(4,15)16/h9-10,12H,5-8H2,1-4H3,(H,13,14). The molecule has 1 unspecified atom stereocenters. The van der Waals surface area contributed by atoms with Crippen LogP contribution in [0.15, 0.2) is 0 Å². The Morgan fingerprint density at radius 2 is 1.76 bits per heavy atom. The molecule has 6 heteroatoms. The Kier molecular flexibility index (Phi) is 7.38. The largest absolute Gasteiger partial charge is 0.352 e. The van der Waals surface area contributed by atoms with Crippen LogP contribution in [-0.2, 0) is 14.6 Å². The molecule has 0 fully saturated rings. The van der Waals surface area contributed by atoms with Gasteiger partial charge in [-0.3, -0.25) is 4.79 Å². The van der Waals surface area contributed by atoms with E-state index < -0.39 is 9.84 Å². The van der Waals surface area contributed by atoms with Gasteiger partial charge in [0.05, 0.1) is 12.3 Å². The summed E-state index contributed by atoms with van der Waals surface area (Å²) in [6.07, 6.45) is 3.00. The van der Waals surface area contributed by atoms with E-state index in [1.54, 1.807) is 6.92 Å². The Bertz CT molecular complexity index is 324. The van der Waals surface area contributed by atoms with Crippen LogP contribution in [0, 0.1) is 0 Å². The van der Waals surface area contributed by atoms with Crippen molar-refractivity contribution < 1.29 is 13.2 Å². The normalized spacial score (nSPS) is 13.7. The van der Waals surface area contributed by atoms with Gasteiger partial charge in [-0.1, -0.05) is 13.8 Å². The number of hydrogen-bond acceptors (Lipinski definition) is 4. The van der Waals surface area contributed by atoms with Crippen molar-refractivity contribution in [1.82, 2.24) is 10.6 Å². The highest BCUT2D eigenvalue weighted by Gasteiger charge is 2.12. The van der Waals surface area contributed by atoms with Gasteiger partial charge >= 0.3 is 0 Å². The maximum atomic E-state index is 11.5. The topological polar surface area (TPSA) is 75.3 Å². The van der Waals surface area contributed by atoms with Gasteiger partial charge in [0, 0.05) is 18.3 Å². The predicted molar refractivity (Wildman–Crippen MR) is 69.7 cm³/mol. The van der Waals surface area contributed by atoms with Gasteiger partial charge in [0.2, 0.25) is 5.91 Å². The van der Waals surface area contributed by atoms with Crippen LogP contribution in [0.5, 0.6) is 0 Å². The van der Waals surface area contributed by atoms with Crippen LogP contribution in [0.4, 0.5) is 0 Å². The molecule has 0 aliphatic carbocycles. The molecule has 1 amide bonds. The van der Waals surface area contributed by atoms with E-state index in [2.05, 4.69) is 10.6 Å². The van der Waals surface area contributed by atoms with Crippen LogP contribution >= 0.6 is 0 Å². The molecule has 1 atom stereocenters. The fourth-order valence-corrected chi connectivity index (χ4v) is 2.58. The fraction of sp³-hybridized carbons (Fsp3) is 0.909. The van der Waals surface area contributed by atoms with Gasteiger partial charge in [-0.25, -0.2) is 8.42 Å². The number of hydrogen-bond donors (Lipinski definition) is 2. The lowest BCUT2D eigenvalue weighted by atomic mass is 10.2. The Morgan fingerprint density at radius 1 is 1.24 bits per heavy atom. The van der Waals surface area contributed by atoms with E-state index in [1.165, 1.54) is 6.26 Å². The summed E-state index contributed by atoms with van der Waals surface area (Å²) in [6, 6.07) is -0.00744. The SMILES string of the molecule is CCC(CC)NC(=O)CNC(C)CS(C)(=O)=O. The number of amides is 1. The van der Waals surface area contributed by atoms with Crippen molar-refractivity contribution in [3.8, 4) is 0 Å². The van der Waals surface area contributed by atoms with Gasteiger partial charge < -0.3 is 10.6 Å². The first-order chi connectivity index (χ1) is 7.78. The van der Waals surface area contributed by atoms with Crippen LogP contribution in [0.25, 0.3) is 0 Å². The molecule has 0 aliphatic heterocycles. The quantitative estimate of drug-likeness (QED) is 0.662. The number of sulfone groups is 1. The van der Waals surface area contributed by atoms with Crippen molar-refractivity contribution in [3.05, 3.63) is 0 Å². The van der Waals surface area contributed by atoms with E-state index in [0.29, 0.717) is 0 Å². The minimum Gasteiger partial charge on any atom is -0.352 e. The lowest BCUT2D eigenvalue weighted by Crippen LogP contribution is -2.43. The van der Waals surface area contributed by atoms with E-state index >= 15 is 0 Å². The van der Waals surface area contributed by atoms with E-state index in [0.717, 1.165) is 12.8 Å². The van der Waals surface area contributed by atoms with E-state index in [1.807, 2.05) is 13.8 Å². The van der Waals surface area contributed by atoms with E-state index in [-0.39, 0.29) is 30.3 Å². The van der Waals surface area contributed by atoms with Crippen LogP contribution in [0.1, 0.15) is 33.6 Å². The second kappa shape index (κ2) is 7.66. The zero-order valence-corrected chi connectivity index (χ0v) is 11.9. The minimum atomic E-state index is -3.00. The van der Waals surface area contributed by atoms with Crippen LogP contribution < -0.4 is 10.6 Å². The third-order valence-corrected chi connectivity index (χ3v) is 3.62. The zero-order chi connectivity index (χ0) is 13.5. The van der Waals surface area contributed by atoms with Crippen molar-refractivity contribution >= 4 is 15.7 Å². The molecule has 0 aromatic carbocycles. The smallest absolute Gasteiger partial charge is 0.234 e. The summed E-state index contributed by atoms with van der Waals surface area (Å²) in [5, 5.41) is 5.78. The summed E-state index contributed by atoms with van der Waals surface area (Å²) in [6.45, 7) is 5.96. The van der Waals surface area contributed by atoms with E-state index in [4.69, 9.17) is 0 Å². The molecule has 0 heterocycles. The van der Waals surface area contributed by atoms with Gasteiger partial charge in [-0.15, -0.1) is 0 Å². The first-order valence-electron chi connectivity index (χ1n) is 5.99. The van der Waals surface area contributed by atoms with Crippen LogP contribution in [0.3, 0.4) is 0 Å². The summed E-state index contributed by atoms with van der Waals surface area (Å²) in [5.74, 6) is -0.0373. The Balaban J connectivity index is 3.91. The second-order valence-corrected chi connectivity index (χ2v) is 6.64. The molecular weight excluding hydrogens is 240 g/mol. The molecule has 17 heavy (non-hydrogen) atoms. The third kappa shape index (κ3) is 9.12. The predicted octanol–water partition coefficient (Wildman–Crippen LogP) is 0.314. The summed E-state index contributed by atoms with van der Waals surface area (Å²) < 4.78 is 22.0. The lowest BCUT2D eigenvalue weighted by molar-refractivity contribution is -0.121. The van der Waals surface area contributed by atoms with Crippen molar-refractivity contribution in [2.75, 3.05) is 18.6 Å². The summed E-state index contributed by atoms with van der Waals surface area (Å²) in [7, 11) is -3.00. The zero-order valence-electron chi connectivity index (χ0n) is 11.1. The number of rotatable bonds is 8. The average molecular weight is 264 g/mol. The molecule has 0 spiro atoms. The fourth-order valence-electron chi connectivity index (χ4n) is 1.55. The molecule has 0 aromatic heterocycles. The van der Waals surface area contributed by atoms with E-state index in [9.17, 15) is 13.2 Å². The lowest BCUT2D eigenvalue weighted by Gasteiger charge is -2.16. The summed E-state index contributed by atoms with van der Waals surface area (Å²) >= 11 is 0. The first kappa shape index (κ1) is 16.4. The number of carbonyl (C=O) groups excluding carboxylic acids is 1. The highest BCUT2D eigenvalue weighted by molar-refractivity contribution is 7.90. The molecular formula is C11H24N2O3S. The average Bonchev–Trinajstić information content (AvgIpc) is 2.20. The molecule has 5 nitrogen and oxygen atoms in total. The third-order valence-electron chi connectivity index (χ3n) is 2.51. The Morgan fingerprint density at radius 3 is 2.18 bits per heavy atom. The van der Waals surface area contributed by atoms with Gasteiger partial charge in [-0.2, -0.15) is 0 Å².